The topological polar surface area (TPSA) is 43.4 Å². The molecule has 0 fully saturated rings. The van der Waals surface area contributed by atoms with Gasteiger partial charge in [0, 0.05) is 16.7 Å². The monoisotopic (exact) mass is 384 g/mol. The highest BCUT2D eigenvalue weighted by Gasteiger charge is 2.33. The maximum absolute atomic E-state index is 13.0. The van der Waals surface area contributed by atoms with Crippen LogP contribution in [-0.4, -0.2) is 11.8 Å². The molecule has 0 aliphatic carbocycles. The normalized spacial score (nSPS) is 11.1. The second-order valence-electron chi connectivity index (χ2n) is 6.00. The van der Waals surface area contributed by atoms with Crippen LogP contribution < -0.4 is 0 Å². The number of ketones is 1. The molecule has 6 heteroatoms. The summed E-state index contributed by atoms with van der Waals surface area (Å²) in [5, 5.41) is 0. The van der Waals surface area contributed by atoms with Crippen molar-refractivity contribution in [1.82, 2.24) is 0 Å². The van der Waals surface area contributed by atoms with Crippen molar-refractivity contribution < 1.29 is 27.5 Å². The maximum Gasteiger partial charge on any atom is 0.416 e. The molecule has 0 aliphatic heterocycles. The molecule has 142 valence electrons. The van der Waals surface area contributed by atoms with Gasteiger partial charge in [0.15, 0.2) is 5.78 Å². The third kappa shape index (κ3) is 4.46. The number of alkyl halides is 3. The summed E-state index contributed by atoms with van der Waals surface area (Å²) >= 11 is 0. The van der Waals surface area contributed by atoms with E-state index in [0.29, 0.717) is 11.1 Å². The summed E-state index contributed by atoms with van der Waals surface area (Å²) in [5.74, 6) is -0.963. The molecule has 0 atom stereocenters. The molecule has 3 nitrogen and oxygen atoms in total. The maximum atomic E-state index is 13.0. The number of carbonyl (C=O) groups excluding carboxylic acids is 2. The summed E-state index contributed by atoms with van der Waals surface area (Å²) in [7, 11) is 0. The van der Waals surface area contributed by atoms with Crippen molar-refractivity contribution in [1.29, 1.82) is 0 Å². The zero-order chi connectivity index (χ0) is 20.1. The number of carbonyl (C=O) groups is 2. The Morgan fingerprint density at radius 3 is 1.89 bits per heavy atom. The van der Waals surface area contributed by atoms with Crippen LogP contribution >= 0.6 is 0 Å². The van der Waals surface area contributed by atoms with Crippen LogP contribution in [0.25, 0.3) is 0 Å². The highest BCUT2D eigenvalue weighted by Crippen LogP contribution is 2.32. The molecule has 3 rings (SSSR count). The first-order chi connectivity index (χ1) is 13.4. The van der Waals surface area contributed by atoms with Gasteiger partial charge in [-0.2, -0.15) is 13.2 Å². The van der Waals surface area contributed by atoms with Gasteiger partial charge in [0.25, 0.3) is 0 Å². The molecule has 28 heavy (non-hydrogen) atoms. The minimum Gasteiger partial charge on any atom is -0.457 e. The van der Waals surface area contributed by atoms with E-state index in [0.717, 1.165) is 6.07 Å². The molecular formula is C22H15F3O3. The number of hydrogen-bond donors (Lipinski definition) is 0. The number of esters is 1. The van der Waals surface area contributed by atoms with Gasteiger partial charge >= 0.3 is 12.1 Å². The van der Waals surface area contributed by atoms with Gasteiger partial charge in [-0.05, 0) is 18.2 Å². The zero-order valence-electron chi connectivity index (χ0n) is 14.6. The Kier molecular flexibility index (Phi) is 5.59. The summed E-state index contributed by atoms with van der Waals surface area (Å²) in [4.78, 5) is 24.5. The Balaban J connectivity index is 1.69. The van der Waals surface area contributed by atoms with Crippen LogP contribution in [0.2, 0.25) is 0 Å². The lowest BCUT2D eigenvalue weighted by molar-refractivity contribution is -0.138. The molecular weight excluding hydrogens is 369 g/mol. The molecule has 0 saturated carbocycles. The third-order valence-electron chi connectivity index (χ3n) is 4.10. The van der Waals surface area contributed by atoms with Gasteiger partial charge in [0.05, 0.1) is 11.1 Å². The van der Waals surface area contributed by atoms with Gasteiger partial charge in [-0.25, -0.2) is 4.79 Å². The van der Waals surface area contributed by atoms with Gasteiger partial charge in [-0.3, -0.25) is 4.79 Å². The van der Waals surface area contributed by atoms with Crippen molar-refractivity contribution in [2.24, 2.45) is 0 Å². The first-order valence-electron chi connectivity index (χ1n) is 8.38. The molecule has 0 saturated heterocycles. The van der Waals surface area contributed by atoms with E-state index in [1.807, 2.05) is 0 Å². The lowest BCUT2D eigenvalue weighted by Gasteiger charge is -2.13. The van der Waals surface area contributed by atoms with Crippen LogP contribution in [-0.2, 0) is 17.5 Å². The first kappa shape index (κ1) is 19.4. The largest absolute Gasteiger partial charge is 0.457 e. The Hall–Kier alpha value is -3.41. The van der Waals surface area contributed by atoms with Gasteiger partial charge < -0.3 is 4.74 Å². The molecule has 3 aromatic rings. The van der Waals surface area contributed by atoms with Crippen molar-refractivity contribution in [3.63, 3.8) is 0 Å². The number of ether oxygens (including phenoxy) is 1. The second-order valence-corrected chi connectivity index (χ2v) is 6.00. The fraction of sp³-hybridized carbons (Fsp3) is 0.0909. The molecule has 3 aromatic carbocycles. The molecule has 0 aliphatic rings. The van der Waals surface area contributed by atoms with Crippen LogP contribution in [0.15, 0.2) is 78.9 Å². The molecule has 0 amide bonds. The molecule has 0 N–H and O–H groups in total. The minimum atomic E-state index is -4.53. The Morgan fingerprint density at radius 1 is 0.714 bits per heavy atom. The predicted molar refractivity (Wildman–Crippen MR) is 96.9 cm³/mol. The zero-order valence-corrected chi connectivity index (χ0v) is 14.6. The van der Waals surface area contributed by atoms with Crippen LogP contribution in [0, 0.1) is 0 Å². The third-order valence-corrected chi connectivity index (χ3v) is 4.10. The molecule has 0 unspecified atom stereocenters. The Morgan fingerprint density at radius 2 is 1.25 bits per heavy atom. The second kappa shape index (κ2) is 8.08. The van der Waals surface area contributed by atoms with Crippen molar-refractivity contribution in [3.05, 3.63) is 107 Å². The van der Waals surface area contributed by atoms with Crippen LogP contribution in [0.4, 0.5) is 13.2 Å². The van der Waals surface area contributed by atoms with Crippen molar-refractivity contribution in [2.75, 3.05) is 0 Å². The van der Waals surface area contributed by atoms with Crippen molar-refractivity contribution in [2.45, 2.75) is 12.8 Å². The highest BCUT2D eigenvalue weighted by molar-refractivity contribution is 6.09. The van der Waals surface area contributed by atoms with Gasteiger partial charge in [-0.1, -0.05) is 60.7 Å². The average molecular weight is 384 g/mol. The Labute approximate surface area is 159 Å². The summed E-state index contributed by atoms with van der Waals surface area (Å²) < 4.78 is 44.0. The van der Waals surface area contributed by atoms with Crippen molar-refractivity contribution >= 4 is 11.8 Å². The van der Waals surface area contributed by atoms with Crippen molar-refractivity contribution in [3.8, 4) is 0 Å². The van der Waals surface area contributed by atoms with E-state index in [9.17, 15) is 22.8 Å². The molecule has 0 heterocycles. The molecule has 0 spiro atoms. The van der Waals surface area contributed by atoms with E-state index in [-0.39, 0.29) is 16.9 Å². The van der Waals surface area contributed by atoms with E-state index < -0.39 is 24.3 Å². The first-order valence-corrected chi connectivity index (χ1v) is 8.38. The van der Waals surface area contributed by atoms with E-state index in [1.165, 1.54) is 42.5 Å². The number of halogens is 3. The summed E-state index contributed by atoms with van der Waals surface area (Å²) in [6.45, 7) is -0.501. The van der Waals surface area contributed by atoms with Crippen LogP contribution in [0.5, 0.6) is 0 Å². The molecule has 0 radical (unpaired) electrons. The van der Waals surface area contributed by atoms with E-state index in [4.69, 9.17) is 4.74 Å². The van der Waals surface area contributed by atoms with Gasteiger partial charge in [0.2, 0.25) is 0 Å². The number of benzene rings is 3. The quantitative estimate of drug-likeness (QED) is 0.443. The standard InChI is InChI=1S/C22H15F3O3/c23-22(24,25)19-9-5-4-8-18(19)14-28-21(27)17-12-10-16(11-13-17)20(26)15-6-2-1-3-7-15/h1-13H,14H2. The molecule has 0 aromatic heterocycles. The lowest BCUT2D eigenvalue weighted by Crippen LogP contribution is -2.12. The summed E-state index contributed by atoms with van der Waals surface area (Å²) in [6, 6.07) is 19.4. The SMILES string of the molecule is O=C(OCc1ccccc1C(F)(F)F)c1ccc(C(=O)c2ccccc2)cc1. The number of rotatable bonds is 5. The highest BCUT2D eigenvalue weighted by atomic mass is 19.4. The fourth-order valence-corrected chi connectivity index (χ4v) is 2.66. The van der Waals surface area contributed by atoms with Gasteiger partial charge in [0.1, 0.15) is 6.61 Å². The Bertz CT molecular complexity index is 978. The smallest absolute Gasteiger partial charge is 0.416 e. The fourth-order valence-electron chi connectivity index (χ4n) is 2.66. The molecule has 0 bridgehead atoms. The van der Waals surface area contributed by atoms with Crippen LogP contribution in [0.3, 0.4) is 0 Å². The lowest BCUT2D eigenvalue weighted by atomic mass is 10.0. The van der Waals surface area contributed by atoms with Gasteiger partial charge in [-0.15, -0.1) is 0 Å². The number of hydrogen-bond acceptors (Lipinski definition) is 3. The summed E-state index contributed by atoms with van der Waals surface area (Å²) in [6.07, 6.45) is -4.53. The van der Waals surface area contributed by atoms with Crippen LogP contribution in [0.1, 0.15) is 37.4 Å². The minimum absolute atomic E-state index is 0.126. The average Bonchev–Trinajstić information content (AvgIpc) is 2.72. The predicted octanol–water partition coefficient (Wildman–Crippen LogP) is 5.29. The summed E-state index contributed by atoms with van der Waals surface area (Å²) in [5.41, 5.74) is 0.0895. The van der Waals surface area contributed by atoms with E-state index >= 15 is 0 Å². The van der Waals surface area contributed by atoms with E-state index in [1.54, 1.807) is 30.3 Å². The van der Waals surface area contributed by atoms with E-state index in [2.05, 4.69) is 0 Å².